The van der Waals surface area contributed by atoms with Crippen molar-refractivity contribution in [2.45, 2.75) is 44.7 Å². The van der Waals surface area contributed by atoms with Crippen molar-refractivity contribution in [3.63, 3.8) is 0 Å². The van der Waals surface area contributed by atoms with Gasteiger partial charge in [0.1, 0.15) is 0 Å². The normalized spacial score (nSPS) is 43.2. The number of hydrogen-bond acceptors (Lipinski definition) is 2. The molecule has 4 aliphatic rings. The maximum absolute atomic E-state index is 5.66. The highest BCUT2D eigenvalue weighted by Crippen LogP contribution is 2.58. The molecular formula is C14H21N3. The molecule has 4 fully saturated rings. The van der Waals surface area contributed by atoms with Crippen molar-refractivity contribution in [2.24, 2.45) is 29.4 Å². The first-order chi connectivity index (χ1) is 8.33. The van der Waals surface area contributed by atoms with E-state index >= 15 is 0 Å². The van der Waals surface area contributed by atoms with Crippen LogP contribution in [0.4, 0.5) is 0 Å². The molecule has 0 amide bonds. The Labute approximate surface area is 102 Å². The molecule has 4 saturated carbocycles. The van der Waals surface area contributed by atoms with Gasteiger partial charge in [0.2, 0.25) is 0 Å². The van der Waals surface area contributed by atoms with E-state index in [0.29, 0.717) is 6.54 Å². The quantitative estimate of drug-likeness (QED) is 0.849. The van der Waals surface area contributed by atoms with Gasteiger partial charge in [-0.2, -0.15) is 0 Å². The third-order valence-corrected chi connectivity index (χ3v) is 5.39. The van der Waals surface area contributed by atoms with Crippen LogP contribution in [0.3, 0.4) is 0 Å². The third kappa shape index (κ3) is 1.48. The number of nitrogens with zero attached hydrogens (tertiary/aromatic N) is 2. The Bertz CT molecular complexity index is 395. The van der Waals surface area contributed by atoms with E-state index in [9.17, 15) is 0 Å². The molecule has 2 N–H and O–H groups in total. The minimum Gasteiger partial charge on any atom is -0.334 e. The first kappa shape index (κ1) is 10.1. The summed E-state index contributed by atoms with van der Waals surface area (Å²) in [5, 5.41) is 0. The smallest absolute Gasteiger partial charge is 0.0952 e. The molecule has 5 rings (SSSR count). The van der Waals surface area contributed by atoms with Gasteiger partial charge >= 0.3 is 0 Å². The van der Waals surface area contributed by atoms with Crippen LogP contribution in [0.1, 0.15) is 43.8 Å². The predicted octanol–water partition coefficient (Wildman–Crippen LogP) is 2.34. The standard InChI is InChI=1S/C14H21N3/c15-6-13-7-17(8-16-13)14-11-2-9-1-10(4-11)5-12(14)3-9/h7-12,14H,1-6,15H2. The summed E-state index contributed by atoms with van der Waals surface area (Å²) in [6, 6.07) is 0.732. The lowest BCUT2D eigenvalue weighted by molar-refractivity contribution is -0.0291. The summed E-state index contributed by atoms with van der Waals surface area (Å²) in [6.07, 6.45) is 11.6. The molecule has 0 atom stereocenters. The van der Waals surface area contributed by atoms with Crippen LogP contribution in [-0.2, 0) is 6.54 Å². The van der Waals surface area contributed by atoms with Gasteiger partial charge < -0.3 is 10.3 Å². The summed E-state index contributed by atoms with van der Waals surface area (Å²) in [4.78, 5) is 4.41. The molecule has 17 heavy (non-hydrogen) atoms. The van der Waals surface area contributed by atoms with Crippen LogP contribution in [0.15, 0.2) is 12.5 Å². The number of nitrogens with two attached hydrogens (primary N) is 1. The van der Waals surface area contributed by atoms with Gasteiger partial charge in [-0.15, -0.1) is 0 Å². The van der Waals surface area contributed by atoms with Gasteiger partial charge in [-0.25, -0.2) is 4.98 Å². The molecule has 0 aromatic carbocycles. The molecule has 3 heteroatoms. The fourth-order valence-electron chi connectivity index (χ4n) is 5.03. The lowest BCUT2D eigenvalue weighted by Crippen LogP contribution is -2.45. The summed E-state index contributed by atoms with van der Waals surface area (Å²) in [5.41, 5.74) is 6.70. The van der Waals surface area contributed by atoms with Crippen LogP contribution in [0.25, 0.3) is 0 Å². The maximum Gasteiger partial charge on any atom is 0.0952 e. The summed E-state index contributed by atoms with van der Waals surface area (Å²) in [7, 11) is 0. The highest BCUT2D eigenvalue weighted by atomic mass is 15.1. The highest BCUT2D eigenvalue weighted by Gasteiger charge is 2.48. The molecule has 0 aliphatic heterocycles. The van der Waals surface area contributed by atoms with Crippen molar-refractivity contribution >= 4 is 0 Å². The molecule has 3 nitrogen and oxygen atoms in total. The molecule has 0 unspecified atom stereocenters. The minimum absolute atomic E-state index is 0.570. The third-order valence-electron chi connectivity index (χ3n) is 5.39. The second-order valence-electron chi connectivity index (χ2n) is 6.44. The van der Waals surface area contributed by atoms with Gasteiger partial charge in [-0.1, -0.05) is 0 Å². The van der Waals surface area contributed by atoms with E-state index in [1.807, 2.05) is 6.33 Å². The van der Waals surface area contributed by atoms with Crippen molar-refractivity contribution in [3.05, 3.63) is 18.2 Å². The Morgan fingerprint density at radius 3 is 2.29 bits per heavy atom. The summed E-state index contributed by atoms with van der Waals surface area (Å²) < 4.78 is 2.38. The number of hydrogen-bond donors (Lipinski definition) is 1. The van der Waals surface area contributed by atoms with E-state index in [0.717, 1.165) is 35.4 Å². The average molecular weight is 231 g/mol. The fraction of sp³-hybridized carbons (Fsp3) is 0.786. The van der Waals surface area contributed by atoms with Gasteiger partial charge in [0, 0.05) is 18.8 Å². The minimum atomic E-state index is 0.570. The van der Waals surface area contributed by atoms with Crippen molar-refractivity contribution in [1.82, 2.24) is 9.55 Å². The van der Waals surface area contributed by atoms with Crippen LogP contribution in [0.2, 0.25) is 0 Å². The van der Waals surface area contributed by atoms with E-state index in [1.54, 1.807) is 0 Å². The van der Waals surface area contributed by atoms with Crippen LogP contribution >= 0.6 is 0 Å². The second kappa shape index (κ2) is 3.58. The SMILES string of the molecule is NCc1cn(C2C3CC4CC(C3)CC2C4)cn1. The van der Waals surface area contributed by atoms with E-state index < -0.39 is 0 Å². The summed E-state index contributed by atoms with van der Waals surface area (Å²) in [6.45, 7) is 0.570. The van der Waals surface area contributed by atoms with Gasteiger partial charge in [0.05, 0.1) is 12.0 Å². The van der Waals surface area contributed by atoms with Crippen molar-refractivity contribution in [3.8, 4) is 0 Å². The molecule has 4 aliphatic carbocycles. The average Bonchev–Trinajstić information content (AvgIpc) is 2.76. The van der Waals surface area contributed by atoms with E-state index in [1.165, 1.54) is 32.1 Å². The van der Waals surface area contributed by atoms with E-state index in [4.69, 9.17) is 5.73 Å². The molecule has 0 saturated heterocycles. The Balaban J connectivity index is 1.65. The fourth-order valence-corrected chi connectivity index (χ4v) is 5.03. The zero-order valence-corrected chi connectivity index (χ0v) is 10.3. The zero-order valence-electron chi connectivity index (χ0n) is 10.3. The Kier molecular flexibility index (Phi) is 2.13. The Morgan fingerprint density at radius 2 is 1.76 bits per heavy atom. The van der Waals surface area contributed by atoms with E-state index in [2.05, 4.69) is 15.7 Å². The first-order valence-corrected chi connectivity index (χ1v) is 7.06. The zero-order chi connectivity index (χ0) is 11.4. The van der Waals surface area contributed by atoms with Crippen molar-refractivity contribution < 1.29 is 0 Å². The topological polar surface area (TPSA) is 43.8 Å². The number of rotatable bonds is 2. The van der Waals surface area contributed by atoms with Crippen LogP contribution < -0.4 is 5.73 Å². The predicted molar refractivity (Wildman–Crippen MR) is 66.2 cm³/mol. The van der Waals surface area contributed by atoms with Crippen molar-refractivity contribution in [1.29, 1.82) is 0 Å². The van der Waals surface area contributed by atoms with Crippen LogP contribution in [-0.4, -0.2) is 9.55 Å². The second-order valence-corrected chi connectivity index (χ2v) is 6.44. The number of imidazole rings is 1. The molecule has 4 bridgehead atoms. The molecular weight excluding hydrogens is 210 g/mol. The molecule has 0 spiro atoms. The monoisotopic (exact) mass is 231 g/mol. The van der Waals surface area contributed by atoms with Crippen LogP contribution in [0, 0.1) is 23.7 Å². The maximum atomic E-state index is 5.66. The lowest BCUT2D eigenvalue weighted by Gasteiger charge is -2.54. The van der Waals surface area contributed by atoms with Gasteiger partial charge in [0.15, 0.2) is 0 Å². The largest absolute Gasteiger partial charge is 0.334 e. The Hall–Kier alpha value is -0.830. The van der Waals surface area contributed by atoms with Gasteiger partial charge in [-0.3, -0.25) is 0 Å². The molecule has 0 radical (unpaired) electrons. The van der Waals surface area contributed by atoms with Gasteiger partial charge in [-0.05, 0) is 55.8 Å². The first-order valence-electron chi connectivity index (χ1n) is 7.06. The highest BCUT2D eigenvalue weighted by molar-refractivity contribution is 5.05. The summed E-state index contributed by atoms with van der Waals surface area (Å²) in [5.74, 6) is 3.94. The van der Waals surface area contributed by atoms with Gasteiger partial charge in [0.25, 0.3) is 0 Å². The number of aromatic nitrogens is 2. The lowest BCUT2D eigenvalue weighted by atomic mass is 9.54. The molecule has 92 valence electrons. The molecule has 1 heterocycles. The molecule has 1 aromatic rings. The Morgan fingerprint density at radius 1 is 1.12 bits per heavy atom. The van der Waals surface area contributed by atoms with Crippen molar-refractivity contribution in [2.75, 3.05) is 0 Å². The summed E-state index contributed by atoms with van der Waals surface area (Å²) >= 11 is 0. The van der Waals surface area contributed by atoms with Crippen LogP contribution in [0.5, 0.6) is 0 Å². The van der Waals surface area contributed by atoms with E-state index in [-0.39, 0.29) is 0 Å². The molecule has 1 aromatic heterocycles.